The quantitative estimate of drug-likeness (QED) is 0.411. The van der Waals surface area contributed by atoms with Gasteiger partial charge in [0.2, 0.25) is 0 Å². The smallest absolute Gasteiger partial charge is 0.429 e. The minimum Gasteiger partial charge on any atom is -0.429 e. The highest BCUT2D eigenvalue weighted by Crippen LogP contribution is 2.09. The van der Waals surface area contributed by atoms with Crippen LogP contribution in [-0.4, -0.2) is 18.2 Å². The van der Waals surface area contributed by atoms with E-state index in [2.05, 4.69) is 21.7 Å². The van der Waals surface area contributed by atoms with Crippen LogP contribution < -0.4 is 0 Å². The number of benzene rings is 1. The van der Waals surface area contributed by atoms with E-state index in [1.807, 2.05) is 19.1 Å². The molecule has 0 amide bonds. The van der Waals surface area contributed by atoms with Crippen LogP contribution in [0.5, 0.6) is 0 Å². The first-order valence-corrected chi connectivity index (χ1v) is 7.41. The number of ether oxygens (including phenoxy) is 1. The van der Waals surface area contributed by atoms with Gasteiger partial charge in [-0.15, -0.1) is 0 Å². The Kier molecular flexibility index (Phi) is 7.99. The summed E-state index contributed by atoms with van der Waals surface area (Å²) in [7, 11) is 0. The molecule has 6 nitrogen and oxygen atoms in total. The monoisotopic (exact) mass is 310 g/mol. The van der Waals surface area contributed by atoms with Gasteiger partial charge in [0.15, 0.2) is 0 Å². The molecule has 0 bridgehead atoms. The van der Waals surface area contributed by atoms with Crippen LogP contribution in [0.4, 0.5) is 4.79 Å². The van der Waals surface area contributed by atoms with E-state index in [1.54, 1.807) is 19.1 Å². The van der Waals surface area contributed by atoms with Crippen molar-refractivity contribution in [1.29, 1.82) is 0 Å². The lowest BCUT2D eigenvalue weighted by atomic mass is 10.1. The molecule has 0 saturated heterocycles. The van der Waals surface area contributed by atoms with Gasteiger partial charge in [-0.05, 0) is 43.9 Å². The van der Waals surface area contributed by atoms with Gasteiger partial charge in [-0.2, -0.15) is 0 Å². The van der Waals surface area contributed by atoms with Crippen LogP contribution >= 0.6 is 0 Å². The molecule has 0 heterocycles. The molecule has 1 unspecified atom stereocenters. The molecule has 0 saturated carbocycles. The summed E-state index contributed by atoms with van der Waals surface area (Å²) < 4.78 is 4.76. The third-order valence-corrected chi connectivity index (χ3v) is 3.09. The van der Waals surface area contributed by atoms with Crippen molar-refractivity contribution in [3.05, 3.63) is 35.4 Å². The third kappa shape index (κ3) is 6.58. The predicted octanol–water partition coefficient (Wildman–Crippen LogP) is 3.98. The second-order valence-corrected chi connectivity index (χ2v) is 4.91. The Labute approximate surface area is 130 Å². The summed E-state index contributed by atoms with van der Waals surface area (Å²) in [5.74, 6) is -0.751. The second kappa shape index (κ2) is 9.78. The highest BCUT2D eigenvalue weighted by Gasteiger charge is 2.13. The lowest BCUT2D eigenvalue weighted by Gasteiger charge is -2.08. The molecule has 0 aliphatic heterocycles. The van der Waals surface area contributed by atoms with E-state index in [-0.39, 0.29) is 6.10 Å². The largest absolute Gasteiger partial charge is 0.543 e. The van der Waals surface area contributed by atoms with Crippen molar-refractivity contribution >= 4 is 12.1 Å². The van der Waals surface area contributed by atoms with E-state index in [0.717, 1.165) is 24.8 Å². The maximum Gasteiger partial charge on any atom is 0.543 e. The standard InChI is InChI=1S/C16H22O6/c1-4-6-7-13-8-10-14(11-9-13)15(17)20-22-21-16(18)19-12(3)5-2/h8-12H,4-7H2,1-3H3. The van der Waals surface area contributed by atoms with Gasteiger partial charge in [0, 0.05) is 0 Å². The van der Waals surface area contributed by atoms with Crippen molar-refractivity contribution in [3.8, 4) is 0 Å². The van der Waals surface area contributed by atoms with E-state index < -0.39 is 12.1 Å². The van der Waals surface area contributed by atoms with Crippen LogP contribution in [0, 0.1) is 0 Å². The molecule has 22 heavy (non-hydrogen) atoms. The number of carbonyl (C=O) groups excluding carboxylic acids is 2. The van der Waals surface area contributed by atoms with Crippen LogP contribution in [0.2, 0.25) is 0 Å². The van der Waals surface area contributed by atoms with Crippen molar-refractivity contribution < 1.29 is 29.1 Å². The third-order valence-electron chi connectivity index (χ3n) is 3.09. The SMILES string of the molecule is CCCCc1ccc(C(=O)OOOC(=O)OC(C)CC)cc1. The zero-order chi connectivity index (χ0) is 16.4. The number of carbonyl (C=O) groups is 2. The molecule has 122 valence electrons. The zero-order valence-electron chi connectivity index (χ0n) is 13.2. The maximum absolute atomic E-state index is 11.7. The summed E-state index contributed by atoms with van der Waals surface area (Å²) in [5, 5.41) is 4.13. The topological polar surface area (TPSA) is 71.1 Å². The Morgan fingerprint density at radius 2 is 1.77 bits per heavy atom. The van der Waals surface area contributed by atoms with E-state index in [0.29, 0.717) is 12.0 Å². The molecular formula is C16H22O6. The summed E-state index contributed by atoms with van der Waals surface area (Å²) in [6, 6.07) is 6.97. The molecule has 1 aromatic rings. The van der Waals surface area contributed by atoms with E-state index in [4.69, 9.17) is 4.74 Å². The normalized spacial score (nSPS) is 11.6. The predicted molar refractivity (Wildman–Crippen MR) is 78.9 cm³/mol. The molecule has 1 rings (SSSR count). The fraction of sp³-hybridized carbons (Fsp3) is 0.500. The van der Waals surface area contributed by atoms with Crippen LogP contribution in [0.15, 0.2) is 24.3 Å². The fourth-order valence-corrected chi connectivity index (χ4v) is 1.58. The number of rotatable bonds is 8. The maximum atomic E-state index is 11.7. The van der Waals surface area contributed by atoms with Crippen LogP contribution in [0.25, 0.3) is 0 Å². The molecule has 0 aromatic heterocycles. The Balaban J connectivity index is 2.34. The van der Waals surface area contributed by atoms with Gasteiger partial charge in [0.25, 0.3) is 0 Å². The van der Waals surface area contributed by atoms with Crippen molar-refractivity contribution in [2.24, 2.45) is 0 Å². The Morgan fingerprint density at radius 3 is 2.36 bits per heavy atom. The van der Waals surface area contributed by atoms with Crippen molar-refractivity contribution in [2.45, 2.75) is 52.6 Å². The number of hydrogen-bond donors (Lipinski definition) is 0. The summed E-state index contributed by atoms with van der Waals surface area (Å²) >= 11 is 0. The first-order valence-electron chi connectivity index (χ1n) is 7.41. The Bertz CT molecular complexity index is 468. The van der Waals surface area contributed by atoms with E-state index in [9.17, 15) is 9.59 Å². The molecular weight excluding hydrogens is 288 g/mol. The molecule has 1 atom stereocenters. The van der Waals surface area contributed by atoms with Crippen LogP contribution in [0.1, 0.15) is 56.0 Å². The molecule has 0 spiro atoms. The number of unbranched alkanes of at least 4 members (excludes halogenated alkanes) is 1. The molecule has 0 aliphatic rings. The Morgan fingerprint density at radius 1 is 1.09 bits per heavy atom. The first kappa shape index (κ1) is 18.0. The van der Waals surface area contributed by atoms with Gasteiger partial charge in [0.1, 0.15) is 6.10 Å². The average molecular weight is 310 g/mol. The second-order valence-electron chi connectivity index (χ2n) is 4.91. The lowest BCUT2D eigenvalue weighted by Crippen LogP contribution is -2.16. The first-order chi connectivity index (χ1) is 10.6. The summed E-state index contributed by atoms with van der Waals surface area (Å²) in [6.45, 7) is 5.67. The van der Waals surface area contributed by atoms with Gasteiger partial charge in [0.05, 0.1) is 10.6 Å². The van der Waals surface area contributed by atoms with Gasteiger partial charge < -0.3 is 4.74 Å². The molecule has 0 aliphatic carbocycles. The molecule has 0 N–H and O–H groups in total. The van der Waals surface area contributed by atoms with Gasteiger partial charge >= 0.3 is 12.1 Å². The number of aryl methyl sites for hydroxylation is 1. The molecule has 0 radical (unpaired) electrons. The van der Waals surface area contributed by atoms with Crippen molar-refractivity contribution in [1.82, 2.24) is 0 Å². The van der Waals surface area contributed by atoms with E-state index in [1.165, 1.54) is 0 Å². The summed E-state index contributed by atoms with van der Waals surface area (Å²) in [5.41, 5.74) is 1.45. The Hall–Kier alpha value is -2.08. The highest BCUT2D eigenvalue weighted by atomic mass is 17.5. The van der Waals surface area contributed by atoms with Gasteiger partial charge in [-0.25, -0.2) is 14.5 Å². The summed E-state index contributed by atoms with van der Waals surface area (Å²) in [6.07, 6.45) is 2.45. The number of hydrogen-bond acceptors (Lipinski definition) is 6. The van der Waals surface area contributed by atoms with Crippen molar-refractivity contribution in [3.63, 3.8) is 0 Å². The van der Waals surface area contributed by atoms with Crippen molar-refractivity contribution in [2.75, 3.05) is 0 Å². The minimum absolute atomic E-state index is 0.303. The lowest BCUT2D eigenvalue weighted by molar-refractivity contribution is -0.452. The van der Waals surface area contributed by atoms with Crippen LogP contribution in [0.3, 0.4) is 0 Å². The molecule has 1 aromatic carbocycles. The van der Waals surface area contributed by atoms with Crippen LogP contribution in [-0.2, 0) is 26.0 Å². The van der Waals surface area contributed by atoms with Gasteiger partial charge in [-0.1, -0.05) is 32.4 Å². The molecule has 0 fully saturated rings. The zero-order valence-corrected chi connectivity index (χ0v) is 13.2. The minimum atomic E-state index is -1.06. The molecule has 6 heteroatoms. The summed E-state index contributed by atoms with van der Waals surface area (Å²) in [4.78, 5) is 31.3. The fourth-order valence-electron chi connectivity index (χ4n) is 1.58. The van der Waals surface area contributed by atoms with E-state index >= 15 is 0 Å². The van der Waals surface area contributed by atoms with Gasteiger partial charge in [-0.3, -0.25) is 4.89 Å². The average Bonchev–Trinajstić information content (AvgIpc) is 2.53. The highest BCUT2D eigenvalue weighted by molar-refractivity contribution is 5.88.